The fourth-order valence-corrected chi connectivity index (χ4v) is 3.62. The first-order valence-electron chi connectivity index (χ1n) is 10.2. The molecule has 160 valence electrons. The molecule has 30 heavy (non-hydrogen) atoms. The van der Waals surface area contributed by atoms with E-state index in [1.807, 2.05) is 24.3 Å². The number of carbonyl (C=O) groups excluding carboxylic acids is 2. The number of halogens is 1. The minimum absolute atomic E-state index is 0.00662. The van der Waals surface area contributed by atoms with Crippen LogP contribution in [-0.2, 0) is 11.3 Å². The molecular weight excluding hydrogens is 385 g/mol. The number of ether oxygens (including phenoxy) is 1. The Morgan fingerprint density at radius 3 is 2.73 bits per heavy atom. The van der Waals surface area contributed by atoms with Crippen molar-refractivity contribution in [2.45, 2.75) is 32.2 Å². The molecule has 1 heterocycles. The Morgan fingerprint density at radius 1 is 1.20 bits per heavy atom. The average molecular weight is 413 g/mol. The summed E-state index contributed by atoms with van der Waals surface area (Å²) in [5.74, 6) is 0.689. The number of methoxy groups -OCH3 is 1. The highest BCUT2D eigenvalue weighted by atomic mass is 19.1. The van der Waals surface area contributed by atoms with Crippen LogP contribution in [0.15, 0.2) is 48.5 Å². The zero-order valence-electron chi connectivity index (χ0n) is 17.2. The maximum absolute atomic E-state index is 13.3. The standard InChI is InChI=1S/C23H28FN3O3/c1-30-21-10-7-17(8-11-21)15-25-22(28)12-9-18-4-3-13-27(16-18)23(29)26-20-6-2-5-19(24)14-20/h2,5-8,10-11,14,18H,3-4,9,12-13,15-16H2,1H3,(H,25,28)(H,26,29)/t18-/m1/s1. The van der Waals surface area contributed by atoms with Crippen molar-refractivity contribution < 1.29 is 18.7 Å². The van der Waals surface area contributed by atoms with Crippen LogP contribution >= 0.6 is 0 Å². The fourth-order valence-electron chi connectivity index (χ4n) is 3.62. The van der Waals surface area contributed by atoms with E-state index in [1.54, 1.807) is 24.1 Å². The number of anilines is 1. The number of amides is 3. The van der Waals surface area contributed by atoms with Gasteiger partial charge in [0.25, 0.3) is 0 Å². The van der Waals surface area contributed by atoms with Gasteiger partial charge >= 0.3 is 6.03 Å². The molecule has 2 aromatic carbocycles. The SMILES string of the molecule is COc1ccc(CNC(=O)CC[C@H]2CCCN(C(=O)Nc3cccc(F)c3)C2)cc1. The van der Waals surface area contributed by atoms with Crippen LogP contribution in [0.4, 0.5) is 14.9 Å². The first-order chi connectivity index (χ1) is 14.5. The summed E-state index contributed by atoms with van der Waals surface area (Å²) in [5.41, 5.74) is 1.46. The molecule has 7 heteroatoms. The second kappa shape index (κ2) is 10.6. The number of urea groups is 1. The summed E-state index contributed by atoms with van der Waals surface area (Å²) in [6.45, 7) is 1.75. The number of hydrogen-bond acceptors (Lipinski definition) is 3. The van der Waals surface area contributed by atoms with Gasteiger partial charge in [0.2, 0.25) is 5.91 Å². The van der Waals surface area contributed by atoms with E-state index >= 15 is 0 Å². The average Bonchev–Trinajstić information content (AvgIpc) is 2.77. The van der Waals surface area contributed by atoms with Crippen molar-refractivity contribution in [3.63, 3.8) is 0 Å². The Hall–Kier alpha value is -3.09. The van der Waals surface area contributed by atoms with Crippen LogP contribution in [0.5, 0.6) is 5.75 Å². The van der Waals surface area contributed by atoms with Crippen LogP contribution in [0.1, 0.15) is 31.2 Å². The van der Waals surface area contributed by atoms with Gasteiger partial charge in [-0.15, -0.1) is 0 Å². The van der Waals surface area contributed by atoms with E-state index in [0.29, 0.717) is 31.7 Å². The molecule has 2 aromatic rings. The molecule has 0 aromatic heterocycles. The van der Waals surface area contributed by atoms with Gasteiger partial charge in [0, 0.05) is 31.7 Å². The molecule has 0 spiro atoms. The van der Waals surface area contributed by atoms with Crippen LogP contribution in [0, 0.1) is 11.7 Å². The molecule has 3 amide bonds. The highest BCUT2D eigenvalue weighted by Crippen LogP contribution is 2.22. The predicted octanol–water partition coefficient (Wildman–Crippen LogP) is 4.17. The Morgan fingerprint density at radius 2 is 2.00 bits per heavy atom. The van der Waals surface area contributed by atoms with E-state index in [2.05, 4.69) is 10.6 Å². The number of nitrogens with zero attached hydrogens (tertiary/aromatic N) is 1. The topological polar surface area (TPSA) is 70.7 Å². The van der Waals surface area contributed by atoms with Gasteiger partial charge in [-0.2, -0.15) is 0 Å². The first kappa shape index (κ1) is 21.6. The zero-order valence-corrected chi connectivity index (χ0v) is 17.2. The van der Waals surface area contributed by atoms with E-state index in [9.17, 15) is 14.0 Å². The molecule has 0 radical (unpaired) electrons. The number of rotatable bonds is 7. The Kier molecular flexibility index (Phi) is 7.65. The normalized spacial score (nSPS) is 16.1. The van der Waals surface area contributed by atoms with Gasteiger partial charge in [-0.3, -0.25) is 4.79 Å². The lowest BCUT2D eigenvalue weighted by Gasteiger charge is -2.32. The smallest absolute Gasteiger partial charge is 0.321 e. The summed E-state index contributed by atoms with van der Waals surface area (Å²) in [7, 11) is 1.62. The lowest BCUT2D eigenvalue weighted by molar-refractivity contribution is -0.121. The van der Waals surface area contributed by atoms with Crippen molar-refractivity contribution in [3.8, 4) is 5.75 Å². The third-order valence-corrected chi connectivity index (χ3v) is 5.31. The molecule has 1 saturated heterocycles. The summed E-state index contributed by atoms with van der Waals surface area (Å²) < 4.78 is 18.4. The molecule has 1 aliphatic rings. The number of benzene rings is 2. The maximum atomic E-state index is 13.3. The molecule has 6 nitrogen and oxygen atoms in total. The minimum atomic E-state index is -0.384. The van der Waals surface area contributed by atoms with Crippen molar-refractivity contribution in [1.29, 1.82) is 0 Å². The van der Waals surface area contributed by atoms with Crippen LogP contribution in [0.25, 0.3) is 0 Å². The lowest BCUT2D eigenvalue weighted by atomic mass is 9.93. The van der Waals surface area contributed by atoms with Gasteiger partial charge in [0.15, 0.2) is 0 Å². The molecule has 1 atom stereocenters. The van der Waals surface area contributed by atoms with Crippen molar-refractivity contribution in [2.24, 2.45) is 5.92 Å². The number of piperidine rings is 1. The number of nitrogens with one attached hydrogen (secondary N) is 2. The maximum Gasteiger partial charge on any atom is 0.321 e. The summed E-state index contributed by atoms with van der Waals surface area (Å²) >= 11 is 0. The fraction of sp³-hybridized carbons (Fsp3) is 0.391. The van der Waals surface area contributed by atoms with Crippen molar-refractivity contribution >= 4 is 17.6 Å². The molecule has 0 bridgehead atoms. The van der Waals surface area contributed by atoms with Gasteiger partial charge in [-0.05, 0) is 61.1 Å². The van der Waals surface area contributed by atoms with Crippen LogP contribution in [0.3, 0.4) is 0 Å². The zero-order chi connectivity index (χ0) is 21.3. The van der Waals surface area contributed by atoms with Gasteiger partial charge in [-0.1, -0.05) is 18.2 Å². The molecule has 0 unspecified atom stereocenters. The minimum Gasteiger partial charge on any atom is -0.497 e. The number of carbonyl (C=O) groups is 2. The largest absolute Gasteiger partial charge is 0.497 e. The number of hydrogen-bond donors (Lipinski definition) is 2. The number of likely N-dealkylation sites (tertiary alicyclic amines) is 1. The van der Waals surface area contributed by atoms with Crippen molar-refractivity contribution in [2.75, 3.05) is 25.5 Å². The third-order valence-electron chi connectivity index (χ3n) is 5.31. The second-order valence-electron chi connectivity index (χ2n) is 7.56. The Balaban J connectivity index is 1.40. The molecule has 1 fully saturated rings. The second-order valence-corrected chi connectivity index (χ2v) is 7.56. The van der Waals surface area contributed by atoms with Gasteiger partial charge in [0.05, 0.1) is 7.11 Å². The molecule has 0 saturated carbocycles. The van der Waals surface area contributed by atoms with Gasteiger partial charge in [0.1, 0.15) is 11.6 Å². The molecule has 1 aliphatic heterocycles. The third kappa shape index (κ3) is 6.47. The monoisotopic (exact) mass is 413 g/mol. The van der Waals surface area contributed by atoms with E-state index in [1.165, 1.54) is 12.1 Å². The van der Waals surface area contributed by atoms with E-state index in [0.717, 1.165) is 30.6 Å². The lowest BCUT2D eigenvalue weighted by Crippen LogP contribution is -2.42. The highest BCUT2D eigenvalue weighted by Gasteiger charge is 2.24. The summed E-state index contributed by atoms with van der Waals surface area (Å²) in [5, 5.41) is 5.68. The quantitative estimate of drug-likeness (QED) is 0.716. The van der Waals surface area contributed by atoms with E-state index in [4.69, 9.17) is 4.74 Å². The van der Waals surface area contributed by atoms with Gasteiger partial charge in [-0.25, -0.2) is 9.18 Å². The molecule has 0 aliphatic carbocycles. The van der Waals surface area contributed by atoms with E-state index in [-0.39, 0.29) is 23.7 Å². The highest BCUT2D eigenvalue weighted by molar-refractivity contribution is 5.89. The van der Waals surface area contributed by atoms with Gasteiger partial charge < -0.3 is 20.3 Å². The van der Waals surface area contributed by atoms with Crippen LogP contribution in [0.2, 0.25) is 0 Å². The Labute approximate surface area is 176 Å². The molecule has 3 rings (SSSR count). The van der Waals surface area contributed by atoms with Crippen molar-refractivity contribution in [3.05, 3.63) is 59.9 Å². The van der Waals surface area contributed by atoms with Crippen LogP contribution in [-0.4, -0.2) is 37.0 Å². The molecular formula is C23H28FN3O3. The first-order valence-corrected chi connectivity index (χ1v) is 10.2. The van der Waals surface area contributed by atoms with E-state index < -0.39 is 0 Å². The van der Waals surface area contributed by atoms with Crippen molar-refractivity contribution in [1.82, 2.24) is 10.2 Å². The summed E-state index contributed by atoms with van der Waals surface area (Å²) in [6.07, 6.45) is 3.06. The van der Waals surface area contributed by atoms with Crippen LogP contribution < -0.4 is 15.4 Å². The summed E-state index contributed by atoms with van der Waals surface area (Å²) in [4.78, 5) is 26.4. The molecule has 2 N–H and O–H groups in total. The predicted molar refractivity (Wildman–Crippen MR) is 114 cm³/mol. The summed E-state index contributed by atoms with van der Waals surface area (Å²) in [6, 6.07) is 13.2. The Bertz CT molecular complexity index is 857.